The number of carbonyl (C=O) groups excluding carboxylic acids is 1. The average Bonchev–Trinajstić information content (AvgIpc) is 3.24. The molecule has 2 amide bonds. The first-order chi connectivity index (χ1) is 12.6. The van der Waals surface area contributed by atoms with E-state index in [0.29, 0.717) is 12.0 Å². The van der Waals surface area contributed by atoms with Crippen molar-refractivity contribution in [3.63, 3.8) is 0 Å². The fraction of sp³-hybridized carbons (Fsp3) is 0.600. The summed E-state index contributed by atoms with van der Waals surface area (Å²) in [5.74, 6) is 1.64. The molecule has 1 aromatic heterocycles. The summed E-state index contributed by atoms with van der Waals surface area (Å²) in [6, 6.07) is 5.88. The number of aromatic nitrogens is 2. The van der Waals surface area contributed by atoms with Crippen molar-refractivity contribution in [1.29, 1.82) is 0 Å². The van der Waals surface area contributed by atoms with Crippen LogP contribution in [0.3, 0.4) is 0 Å². The molecule has 1 spiro atoms. The van der Waals surface area contributed by atoms with Crippen LogP contribution in [0.5, 0.6) is 5.75 Å². The highest BCUT2D eigenvalue weighted by Crippen LogP contribution is 2.46. The van der Waals surface area contributed by atoms with E-state index < -0.39 is 0 Å². The number of amides is 2. The summed E-state index contributed by atoms with van der Waals surface area (Å²) in [7, 11) is 3.63. The number of aryl methyl sites for hydroxylation is 1. The van der Waals surface area contributed by atoms with E-state index in [4.69, 9.17) is 4.74 Å². The van der Waals surface area contributed by atoms with E-state index >= 15 is 0 Å². The van der Waals surface area contributed by atoms with Crippen LogP contribution in [0.25, 0.3) is 11.0 Å². The second kappa shape index (κ2) is 6.82. The highest BCUT2D eigenvalue weighted by molar-refractivity contribution is 5.78. The Morgan fingerprint density at radius 1 is 1.23 bits per heavy atom. The average molecular weight is 356 g/mol. The number of hydrogen-bond donors (Lipinski definition) is 1. The Hall–Kier alpha value is -2.24. The van der Waals surface area contributed by atoms with Gasteiger partial charge in [0.05, 0.1) is 24.7 Å². The first-order valence-electron chi connectivity index (χ1n) is 9.62. The van der Waals surface area contributed by atoms with E-state index in [-0.39, 0.29) is 6.03 Å². The van der Waals surface area contributed by atoms with Gasteiger partial charge < -0.3 is 19.5 Å². The summed E-state index contributed by atoms with van der Waals surface area (Å²) in [5.41, 5.74) is 2.46. The predicted molar refractivity (Wildman–Crippen MR) is 101 cm³/mol. The number of nitrogens with one attached hydrogen (secondary N) is 1. The quantitative estimate of drug-likeness (QED) is 0.916. The van der Waals surface area contributed by atoms with Crippen molar-refractivity contribution >= 4 is 17.1 Å². The fourth-order valence-corrected chi connectivity index (χ4v) is 4.59. The van der Waals surface area contributed by atoms with E-state index in [2.05, 4.69) is 10.3 Å². The summed E-state index contributed by atoms with van der Waals surface area (Å²) >= 11 is 0. The first-order valence-corrected chi connectivity index (χ1v) is 9.62. The van der Waals surface area contributed by atoms with Crippen LogP contribution >= 0.6 is 0 Å². The van der Waals surface area contributed by atoms with E-state index in [9.17, 15) is 4.79 Å². The molecule has 1 N–H and O–H groups in total. The third kappa shape index (κ3) is 3.13. The highest BCUT2D eigenvalue weighted by Gasteiger charge is 2.37. The maximum absolute atomic E-state index is 12.6. The molecule has 2 aromatic rings. The molecule has 2 aliphatic rings. The largest absolute Gasteiger partial charge is 0.497 e. The van der Waals surface area contributed by atoms with Crippen molar-refractivity contribution in [2.45, 2.75) is 45.1 Å². The van der Waals surface area contributed by atoms with E-state index in [1.807, 2.05) is 34.7 Å². The Morgan fingerprint density at radius 2 is 1.96 bits per heavy atom. The summed E-state index contributed by atoms with van der Waals surface area (Å²) in [5, 5.41) is 3.05. The third-order valence-electron chi connectivity index (χ3n) is 6.35. The molecule has 2 heterocycles. The molecule has 0 radical (unpaired) electrons. The van der Waals surface area contributed by atoms with E-state index in [0.717, 1.165) is 48.5 Å². The molecule has 6 heteroatoms. The van der Waals surface area contributed by atoms with Crippen molar-refractivity contribution in [2.24, 2.45) is 12.5 Å². The van der Waals surface area contributed by atoms with Gasteiger partial charge in [-0.3, -0.25) is 0 Å². The number of carbonyl (C=O) groups is 1. The van der Waals surface area contributed by atoms with Crippen molar-refractivity contribution in [3.05, 3.63) is 24.0 Å². The van der Waals surface area contributed by atoms with E-state index in [1.54, 1.807) is 7.11 Å². The lowest BCUT2D eigenvalue weighted by molar-refractivity contribution is 0.120. The first kappa shape index (κ1) is 17.2. The molecule has 1 aliphatic carbocycles. The zero-order chi connectivity index (χ0) is 18.1. The molecule has 2 fully saturated rings. The minimum atomic E-state index is 0.0301. The molecule has 26 heavy (non-hydrogen) atoms. The lowest BCUT2D eigenvalue weighted by Gasteiger charge is -2.39. The van der Waals surface area contributed by atoms with Crippen LogP contribution in [0, 0.1) is 5.41 Å². The van der Waals surface area contributed by atoms with Crippen molar-refractivity contribution in [3.8, 4) is 5.75 Å². The lowest BCUT2D eigenvalue weighted by Crippen LogP contribution is -2.46. The Kier molecular flexibility index (Phi) is 4.51. The number of imidazole rings is 1. The number of likely N-dealkylation sites (tertiary alicyclic amines) is 1. The van der Waals surface area contributed by atoms with Gasteiger partial charge in [0.1, 0.15) is 11.6 Å². The number of hydrogen-bond acceptors (Lipinski definition) is 3. The monoisotopic (exact) mass is 356 g/mol. The van der Waals surface area contributed by atoms with Crippen LogP contribution < -0.4 is 10.1 Å². The van der Waals surface area contributed by atoms with Gasteiger partial charge in [-0.25, -0.2) is 9.78 Å². The standard InChI is InChI=1S/C20H28N4O2/c1-23-17-6-5-15(26-2)13-16(17)22-18(23)14-21-19(25)24-11-9-20(10-12-24)7-3-4-8-20/h5-6,13H,3-4,7-12,14H2,1-2H3,(H,21,25). The van der Waals surface area contributed by atoms with Crippen molar-refractivity contribution in [2.75, 3.05) is 20.2 Å². The molecule has 0 atom stereocenters. The van der Waals surface area contributed by atoms with Gasteiger partial charge in [0.25, 0.3) is 0 Å². The maximum atomic E-state index is 12.6. The van der Waals surface area contributed by atoms with Crippen LogP contribution in [-0.4, -0.2) is 40.7 Å². The molecule has 1 saturated carbocycles. The predicted octanol–water partition coefficient (Wildman–Crippen LogP) is 3.45. The lowest BCUT2D eigenvalue weighted by atomic mass is 9.77. The summed E-state index contributed by atoms with van der Waals surface area (Å²) < 4.78 is 7.29. The van der Waals surface area contributed by atoms with Crippen molar-refractivity contribution < 1.29 is 9.53 Å². The van der Waals surface area contributed by atoms with Gasteiger partial charge in [-0.2, -0.15) is 0 Å². The van der Waals surface area contributed by atoms with Gasteiger partial charge in [-0.1, -0.05) is 12.8 Å². The van der Waals surface area contributed by atoms with Crippen LogP contribution in [-0.2, 0) is 13.6 Å². The third-order valence-corrected chi connectivity index (χ3v) is 6.35. The Labute approximate surface area is 154 Å². The van der Waals surface area contributed by atoms with Crippen molar-refractivity contribution in [1.82, 2.24) is 19.8 Å². The maximum Gasteiger partial charge on any atom is 0.317 e. The molecule has 1 saturated heterocycles. The molecule has 1 aromatic carbocycles. The zero-order valence-corrected chi connectivity index (χ0v) is 15.8. The second-order valence-electron chi connectivity index (χ2n) is 7.79. The van der Waals surface area contributed by atoms with Crippen LogP contribution in [0.1, 0.15) is 44.3 Å². The molecule has 6 nitrogen and oxygen atoms in total. The van der Waals surface area contributed by atoms with Gasteiger partial charge in [0.15, 0.2) is 0 Å². The molecule has 4 rings (SSSR count). The molecule has 0 bridgehead atoms. The van der Waals surface area contributed by atoms with Crippen LogP contribution in [0.15, 0.2) is 18.2 Å². The Balaban J connectivity index is 1.37. The zero-order valence-electron chi connectivity index (χ0n) is 15.8. The molecular weight excluding hydrogens is 328 g/mol. The van der Waals surface area contributed by atoms with Gasteiger partial charge >= 0.3 is 6.03 Å². The minimum Gasteiger partial charge on any atom is -0.497 e. The van der Waals surface area contributed by atoms with Crippen LogP contribution in [0.2, 0.25) is 0 Å². The molecule has 0 unspecified atom stereocenters. The second-order valence-corrected chi connectivity index (χ2v) is 7.79. The summed E-state index contributed by atoms with van der Waals surface area (Å²) in [6.45, 7) is 2.20. The number of rotatable bonds is 3. The topological polar surface area (TPSA) is 59.4 Å². The molecular formula is C20H28N4O2. The van der Waals surface area contributed by atoms with E-state index in [1.165, 1.54) is 25.7 Å². The normalized spacial score (nSPS) is 19.2. The Bertz CT molecular complexity index is 797. The summed E-state index contributed by atoms with van der Waals surface area (Å²) in [6.07, 6.45) is 7.75. The number of ether oxygens (including phenoxy) is 1. The summed E-state index contributed by atoms with van der Waals surface area (Å²) in [4.78, 5) is 19.2. The number of piperidine rings is 1. The number of urea groups is 1. The van der Waals surface area contributed by atoms with Gasteiger partial charge in [-0.15, -0.1) is 0 Å². The number of benzene rings is 1. The smallest absolute Gasteiger partial charge is 0.317 e. The fourth-order valence-electron chi connectivity index (χ4n) is 4.59. The van der Waals surface area contributed by atoms with Gasteiger partial charge in [-0.05, 0) is 43.2 Å². The number of methoxy groups -OCH3 is 1. The minimum absolute atomic E-state index is 0.0301. The Morgan fingerprint density at radius 3 is 2.65 bits per heavy atom. The van der Waals surface area contributed by atoms with Gasteiger partial charge in [0.2, 0.25) is 0 Å². The number of fused-ring (bicyclic) bond motifs is 1. The van der Waals surface area contributed by atoms with Gasteiger partial charge in [0, 0.05) is 26.2 Å². The molecule has 140 valence electrons. The van der Waals surface area contributed by atoms with Crippen LogP contribution in [0.4, 0.5) is 4.79 Å². The molecule has 1 aliphatic heterocycles. The highest BCUT2D eigenvalue weighted by atomic mass is 16.5. The SMILES string of the molecule is COc1ccc2c(c1)nc(CNC(=O)N1CCC3(CCCC3)CC1)n2C. The number of nitrogens with zero attached hydrogens (tertiary/aromatic N) is 3.